The molecule has 1 atom stereocenters. The number of aromatic amines is 1. The van der Waals surface area contributed by atoms with Gasteiger partial charge in [-0.25, -0.2) is 4.98 Å². The second kappa shape index (κ2) is 6.67. The lowest BCUT2D eigenvalue weighted by molar-refractivity contribution is -0.128. The highest BCUT2D eigenvalue weighted by molar-refractivity contribution is 5.86. The highest BCUT2D eigenvalue weighted by Crippen LogP contribution is 1.99. The third-order valence-electron chi connectivity index (χ3n) is 2.22. The van der Waals surface area contributed by atoms with Crippen LogP contribution in [-0.4, -0.2) is 34.4 Å². The van der Waals surface area contributed by atoms with Crippen molar-refractivity contribution in [1.82, 2.24) is 20.6 Å². The predicted octanol–water partition coefficient (Wildman–Crippen LogP) is -0.0169. The average molecular weight is 238 g/mol. The fourth-order valence-corrected chi connectivity index (χ4v) is 1.44. The number of H-pyrrole nitrogens is 1. The Bertz CT molecular complexity index is 362. The van der Waals surface area contributed by atoms with Gasteiger partial charge in [-0.3, -0.25) is 9.59 Å². The van der Waals surface area contributed by atoms with E-state index in [0.717, 1.165) is 12.1 Å². The minimum absolute atomic E-state index is 0.170. The van der Waals surface area contributed by atoms with Crippen LogP contribution in [0, 0.1) is 0 Å². The second-order valence-electron chi connectivity index (χ2n) is 3.83. The van der Waals surface area contributed by atoms with E-state index >= 15 is 0 Å². The molecular weight excluding hydrogens is 220 g/mol. The lowest BCUT2D eigenvalue weighted by atomic mass is 10.1. The standard InChI is InChI=1S/C11H18N4O2/c1-3-4-13-11(17)10(15-8(2)16)5-9-6-12-7-14-9/h6-7,10H,3-5H2,1-2H3,(H,12,14)(H,13,17)(H,15,16)/t10-/m0/s1. The van der Waals surface area contributed by atoms with Crippen LogP contribution in [0.5, 0.6) is 0 Å². The van der Waals surface area contributed by atoms with E-state index in [-0.39, 0.29) is 11.8 Å². The number of carbonyl (C=O) groups excluding carboxylic acids is 2. The van der Waals surface area contributed by atoms with Crippen LogP contribution in [0.15, 0.2) is 12.5 Å². The van der Waals surface area contributed by atoms with E-state index in [2.05, 4.69) is 20.6 Å². The smallest absolute Gasteiger partial charge is 0.242 e. The maximum atomic E-state index is 11.8. The quantitative estimate of drug-likeness (QED) is 0.651. The Morgan fingerprint density at radius 3 is 2.82 bits per heavy atom. The first-order chi connectivity index (χ1) is 8.13. The summed E-state index contributed by atoms with van der Waals surface area (Å²) in [5, 5.41) is 5.39. The molecule has 0 saturated heterocycles. The van der Waals surface area contributed by atoms with E-state index < -0.39 is 6.04 Å². The normalized spacial score (nSPS) is 11.9. The molecule has 6 nitrogen and oxygen atoms in total. The summed E-state index contributed by atoms with van der Waals surface area (Å²) in [5.41, 5.74) is 0.815. The molecule has 1 aromatic rings. The van der Waals surface area contributed by atoms with Crippen LogP contribution in [0.25, 0.3) is 0 Å². The Hall–Kier alpha value is -1.85. The van der Waals surface area contributed by atoms with E-state index in [0.29, 0.717) is 13.0 Å². The molecule has 2 amide bonds. The number of amides is 2. The van der Waals surface area contributed by atoms with Gasteiger partial charge in [0, 0.05) is 31.8 Å². The van der Waals surface area contributed by atoms with Gasteiger partial charge in [-0.05, 0) is 6.42 Å². The average Bonchev–Trinajstić information content (AvgIpc) is 2.77. The van der Waals surface area contributed by atoms with Gasteiger partial charge < -0.3 is 15.6 Å². The molecule has 0 radical (unpaired) electrons. The van der Waals surface area contributed by atoms with Crippen LogP contribution in [0.2, 0.25) is 0 Å². The van der Waals surface area contributed by atoms with Gasteiger partial charge in [-0.15, -0.1) is 0 Å². The first-order valence-electron chi connectivity index (χ1n) is 5.65. The van der Waals surface area contributed by atoms with Crippen molar-refractivity contribution in [1.29, 1.82) is 0 Å². The van der Waals surface area contributed by atoms with Gasteiger partial charge in [0.25, 0.3) is 0 Å². The molecule has 0 aliphatic rings. The van der Waals surface area contributed by atoms with E-state index in [1.807, 2.05) is 6.92 Å². The number of hydrogen-bond donors (Lipinski definition) is 3. The van der Waals surface area contributed by atoms with Crippen molar-refractivity contribution in [2.45, 2.75) is 32.7 Å². The van der Waals surface area contributed by atoms with Crippen molar-refractivity contribution >= 4 is 11.8 Å². The van der Waals surface area contributed by atoms with Gasteiger partial charge >= 0.3 is 0 Å². The van der Waals surface area contributed by atoms with Crippen LogP contribution in [0.3, 0.4) is 0 Å². The van der Waals surface area contributed by atoms with Crippen molar-refractivity contribution in [3.8, 4) is 0 Å². The molecule has 0 unspecified atom stereocenters. The Balaban J connectivity index is 2.59. The number of imidazole rings is 1. The van der Waals surface area contributed by atoms with Gasteiger partial charge in [0.2, 0.25) is 11.8 Å². The number of hydrogen-bond acceptors (Lipinski definition) is 3. The van der Waals surface area contributed by atoms with Gasteiger partial charge in [0.15, 0.2) is 0 Å². The lowest BCUT2D eigenvalue weighted by Crippen LogP contribution is -2.47. The molecule has 0 bridgehead atoms. The maximum absolute atomic E-state index is 11.8. The molecule has 0 spiro atoms. The topological polar surface area (TPSA) is 86.9 Å². The molecule has 3 N–H and O–H groups in total. The Kier molecular flexibility index (Phi) is 5.19. The Morgan fingerprint density at radius 1 is 1.53 bits per heavy atom. The minimum atomic E-state index is -0.556. The summed E-state index contributed by atoms with van der Waals surface area (Å²) in [5.74, 6) is -0.391. The second-order valence-corrected chi connectivity index (χ2v) is 3.83. The van der Waals surface area contributed by atoms with E-state index in [9.17, 15) is 9.59 Å². The van der Waals surface area contributed by atoms with Crippen molar-refractivity contribution in [2.24, 2.45) is 0 Å². The summed E-state index contributed by atoms with van der Waals surface area (Å²) in [6, 6.07) is -0.556. The minimum Gasteiger partial charge on any atom is -0.354 e. The zero-order valence-corrected chi connectivity index (χ0v) is 10.1. The van der Waals surface area contributed by atoms with Gasteiger partial charge in [-0.2, -0.15) is 0 Å². The summed E-state index contributed by atoms with van der Waals surface area (Å²) >= 11 is 0. The zero-order valence-electron chi connectivity index (χ0n) is 10.1. The Morgan fingerprint density at radius 2 is 2.29 bits per heavy atom. The summed E-state index contributed by atoms with van der Waals surface area (Å²) < 4.78 is 0. The monoisotopic (exact) mass is 238 g/mol. The van der Waals surface area contributed by atoms with Crippen molar-refractivity contribution in [2.75, 3.05) is 6.54 Å². The third kappa shape index (κ3) is 4.67. The number of nitrogens with one attached hydrogen (secondary N) is 3. The largest absolute Gasteiger partial charge is 0.354 e. The molecular formula is C11H18N4O2. The van der Waals surface area contributed by atoms with Crippen molar-refractivity contribution in [3.05, 3.63) is 18.2 Å². The molecule has 1 aromatic heterocycles. The lowest BCUT2D eigenvalue weighted by Gasteiger charge is -2.16. The fraction of sp³-hybridized carbons (Fsp3) is 0.545. The summed E-state index contributed by atoms with van der Waals surface area (Å²) in [4.78, 5) is 29.6. The van der Waals surface area contributed by atoms with E-state index in [1.165, 1.54) is 6.92 Å². The number of carbonyl (C=O) groups is 2. The van der Waals surface area contributed by atoms with Crippen LogP contribution < -0.4 is 10.6 Å². The van der Waals surface area contributed by atoms with Crippen LogP contribution in [0.4, 0.5) is 0 Å². The van der Waals surface area contributed by atoms with Crippen molar-refractivity contribution < 1.29 is 9.59 Å². The molecule has 1 heterocycles. The van der Waals surface area contributed by atoms with Gasteiger partial charge in [-0.1, -0.05) is 6.92 Å². The number of nitrogens with zero attached hydrogens (tertiary/aromatic N) is 1. The first kappa shape index (κ1) is 13.2. The Labute approximate surface area is 100 Å². The molecule has 17 heavy (non-hydrogen) atoms. The van der Waals surface area contributed by atoms with Crippen LogP contribution in [0.1, 0.15) is 26.0 Å². The van der Waals surface area contributed by atoms with E-state index in [4.69, 9.17) is 0 Å². The molecule has 1 rings (SSSR count). The highest BCUT2D eigenvalue weighted by Gasteiger charge is 2.19. The molecule has 0 aliphatic heterocycles. The molecule has 6 heteroatoms. The SMILES string of the molecule is CCCNC(=O)[C@H](Cc1cnc[nH]1)NC(C)=O. The first-order valence-corrected chi connectivity index (χ1v) is 5.65. The maximum Gasteiger partial charge on any atom is 0.242 e. The fourth-order valence-electron chi connectivity index (χ4n) is 1.44. The molecule has 0 aliphatic carbocycles. The number of aromatic nitrogens is 2. The van der Waals surface area contributed by atoms with Gasteiger partial charge in [0.05, 0.1) is 6.33 Å². The van der Waals surface area contributed by atoms with Crippen LogP contribution in [-0.2, 0) is 16.0 Å². The van der Waals surface area contributed by atoms with Crippen LogP contribution >= 0.6 is 0 Å². The summed E-state index contributed by atoms with van der Waals surface area (Å²) in [6.07, 6.45) is 4.46. The predicted molar refractivity (Wildman–Crippen MR) is 63.2 cm³/mol. The molecule has 0 saturated carbocycles. The molecule has 0 aromatic carbocycles. The van der Waals surface area contributed by atoms with Gasteiger partial charge in [0.1, 0.15) is 6.04 Å². The van der Waals surface area contributed by atoms with Crippen molar-refractivity contribution in [3.63, 3.8) is 0 Å². The number of rotatable bonds is 6. The highest BCUT2D eigenvalue weighted by atomic mass is 16.2. The molecule has 0 fully saturated rings. The van der Waals surface area contributed by atoms with E-state index in [1.54, 1.807) is 12.5 Å². The summed E-state index contributed by atoms with van der Waals surface area (Å²) in [7, 11) is 0. The zero-order chi connectivity index (χ0) is 12.7. The summed E-state index contributed by atoms with van der Waals surface area (Å²) in [6.45, 7) is 3.98. The third-order valence-corrected chi connectivity index (χ3v) is 2.22. The molecule has 94 valence electrons.